The molecule has 2 amide bonds. The molecule has 2 saturated heterocycles. The summed E-state index contributed by atoms with van der Waals surface area (Å²) in [5.74, 6) is 1.33. The number of likely N-dealkylation sites (tertiary alicyclic amines) is 1. The maximum Gasteiger partial charge on any atom is 0.255 e. The second kappa shape index (κ2) is 9.81. The molecule has 0 unspecified atom stereocenters. The minimum absolute atomic E-state index is 0.00399. The largest absolute Gasteiger partial charge is 0.439 e. The van der Waals surface area contributed by atoms with Gasteiger partial charge in [-0.05, 0) is 43.5 Å². The highest BCUT2D eigenvalue weighted by molar-refractivity contribution is 5.96. The van der Waals surface area contributed by atoms with Crippen LogP contribution >= 0.6 is 0 Å². The number of rotatable bonds is 5. The summed E-state index contributed by atoms with van der Waals surface area (Å²) in [5.41, 5.74) is 2.51. The monoisotopic (exact) mass is 458 g/mol. The van der Waals surface area contributed by atoms with E-state index in [9.17, 15) is 9.59 Å². The number of ether oxygens (including phenoxy) is 1. The highest BCUT2D eigenvalue weighted by atomic mass is 16.5. The highest BCUT2D eigenvalue weighted by Crippen LogP contribution is 2.23. The first-order valence-electron chi connectivity index (χ1n) is 12.0. The zero-order valence-electron chi connectivity index (χ0n) is 19.5. The van der Waals surface area contributed by atoms with Crippen molar-refractivity contribution in [2.75, 3.05) is 39.3 Å². The minimum Gasteiger partial charge on any atom is -0.439 e. The summed E-state index contributed by atoms with van der Waals surface area (Å²) in [6.07, 6.45) is 9.61. The molecule has 0 radical (unpaired) electrons. The smallest absolute Gasteiger partial charge is 0.255 e. The third-order valence-corrected chi connectivity index (χ3v) is 6.70. The molecule has 3 heterocycles. The normalized spacial score (nSPS) is 18.9. The highest BCUT2D eigenvalue weighted by Gasteiger charge is 2.37. The first-order valence-corrected chi connectivity index (χ1v) is 12.0. The number of carbonyl (C=O) groups excluding carboxylic acids is 2. The van der Waals surface area contributed by atoms with Gasteiger partial charge in [0.25, 0.3) is 11.8 Å². The molecular weight excluding hydrogens is 428 g/mol. The minimum atomic E-state index is -0.00399. The first kappa shape index (κ1) is 22.3. The summed E-state index contributed by atoms with van der Waals surface area (Å²) in [6.45, 7) is 6.60. The topological polar surface area (TPSA) is 66.0 Å². The lowest BCUT2D eigenvalue weighted by Gasteiger charge is -2.48. The van der Waals surface area contributed by atoms with Gasteiger partial charge in [-0.3, -0.25) is 14.5 Å². The molecule has 34 heavy (non-hydrogen) atoms. The number of pyridine rings is 1. The van der Waals surface area contributed by atoms with Gasteiger partial charge in [0, 0.05) is 63.1 Å². The molecule has 1 aromatic heterocycles. The van der Waals surface area contributed by atoms with Gasteiger partial charge in [-0.15, -0.1) is 0 Å². The van der Waals surface area contributed by atoms with Gasteiger partial charge in [0.2, 0.25) is 5.88 Å². The Balaban J connectivity index is 1.09. The average molecular weight is 459 g/mol. The van der Waals surface area contributed by atoms with Gasteiger partial charge in [-0.2, -0.15) is 0 Å². The van der Waals surface area contributed by atoms with Crippen LogP contribution in [0.4, 0.5) is 0 Å². The first-order chi connectivity index (χ1) is 16.6. The Bertz CT molecular complexity index is 1110. The summed E-state index contributed by atoms with van der Waals surface area (Å²) in [4.78, 5) is 36.0. The van der Waals surface area contributed by atoms with E-state index in [-0.39, 0.29) is 11.8 Å². The van der Waals surface area contributed by atoms with Crippen LogP contribution < -0.4 is 4.74 Å². The number of benzene rings is 1. The van der Waals surface area contributed by atoms with Gasteiger partial charge in [0.05, 0.1) is 5.56 Å². The van der Waals surface area contributed by atoms with Crippen LogP contribution in [0.1, 0.15) is 28.8 Å². The summed E-state index contributed by atoms with van der Waals surface area (Å²) >= 11 is 0. The van der Waals surface area contributed by atoms with Gasteiger partial charge in [0.15, 0.2) is 0 Å². The summed E-state index contributed by atoms with van der Waals surface area (Å²) < 4.78 is 5.78. The van der Waals surface area contributed by atoms with Crippen LogP contribution in [-0.2, 0) is 4.79 Å². The standard InChI is InChI=1S/C27H30N4O3/c1-20-6-5-9-24(16-20)34-25-11-10-22(17-28-25)27(33)31-18-23(19-31)29-12-14-30(15-13-29)26(32)21-7-3-2-4-8-21/h3,5-11,16-17,23H,2,4,12-15,18-19H2,1H3. The number of hydrogen-bond acceptors (Lipinski definition) is 5. The van der Waals surface area contributed by atoms with E-state index in [2.05, 4.69) is 16.0 Å². The fourth-order valence-electron chi connectivity index (χ4n) is 4.65. The van der Waals surface area contributed by atoms with Gasteiger partial charge in [-0.25, -0.2) is 4.98 Å². The molecule has 0 atom stereocenters. The number of aryl methyl sites for hydroxylation is 1. The van der Waals surface area contributed by atoms with Crippen LogP contribution in [0.3, 0.4) is 0 Å². The molecule has 0 spiro atoms. The van der Waals surface area contributed by atoms with Crippen LogP contribution in [-0.4, -0.2) is 76.8 Å². The Morgan fingerprint density at radius 2 is 1.79 bits per heavy atom. The lowest BCUT2D eigenvalue weighted by molar-refractivity contribution is -0.129. The number of amides is 2. The van der Waals surface area contributed by atoms with E-state index in [0.717, 1.165) is 55.9 Å². The van der Waals surface area contributed by atoms with E-state index in [4.69, 9.17) is 4.74 Å². The van der Waals surface area contributed by atoms with Crippen LogP contribution in [0.2, 0.25) is 0 Å². The third-order valence-electron chi connectivity index (χ3n) is 6.70. The van der Waals surface area contributed by atoms with E-state index < -0.39 is 0 Å². The molecule has 1 aliphatic carbocycles. The SMILES string of the molecule is Cc1cccc(Oc2ccc(C(=O)N3CC(N4CCN(C(=O)C5=CCCC=C5)CC4)C3)cn2)c1. The Morgan fingerprint density at radius 3 is 2.47 bits per heavy atom. The lowest BCUT2D eigenvalue weighted by atomic mass is 10.0. The van der Waals surface area contributed by atoms with Crippen LogP contribution in [0, 0.1) is 6.92 Å². The molecule has 1 aromatic carbocycles. The molecule has 5 rings (SSSR count). The Morgan fingerprint density at radius 1 is 0.971 bits per heavy atom. The molecule has 2 aliphatic heterocycles. The molecule has 0 saturated carbocycles. The quantitative estimate of drug-likeness (QED) is 0.687. The van der Waals surface area contributed by atoms with E-state index in [1.165, 1.54) is 0 Å². The number of carbonyl (C=O) groups is 2. The van der Waals surface area contributed by atoms with Crippen molar-refractivity contribution in [3.05, 3.63) is 77.5 Å². The molecular formula is C27H30N4O3. The molecule has 2 fully saturated rings. The molecule has 0 bridgehead atoms. The number of allylic oxidation sites excluding steroid dienone is 2. The Labute approximate surface area is 200 Å². The van der Waals surface area contributed by atoms with Crippen molar-refractivity contribution in [2.24, 2.45) is 0 Å². The maximum absolute atomic E-state index is 12.8. The second-order valence-electron chi connectivity index (χ2n) is 9.13. The Hall–Kier alpha value is -3.45. The number of nitrogens with zero attached hydrogens (tertiary/aromatic N) is 4. The van der Waals surface area contributed by atoms with Crippen molar-refractivity contribution in [1.82, 2.24) is 19.7 Å². The molecule has 0 N–H and O–H groups in total. The maximum atomic E-state index is 12.8. The fourth-order valence-corrected chi connectivity index (χ4v) is 4.65. The van der Waals surface area contributed by atoms with Crippen molar-refractivity contribution in [3.63, 3.8) is 0 Å². The summed E-state index contributed by atoms with van der Waals surface area (Å²) in [5, 5.41) is 0. The number of piperazine rings is 1. The van der Waals surface area contributed by atoms with Crippen molar-refractivity contribution in [1.29, 1.82) is 0 Å². The predicted octanol–water partition coefficient (Wildman–Crippen LogP) is 3.43. The zero-order valence-corrected chi connectivity index (χ0v) is 19.5. The van der Waals surface area contributed by atoms with Crippen molar-refractivity contribution >= 4 is 11.8 Å². The van der Waals surface area contributed by atoms with E-state index in [1.807, 2.05) is 53.1 Å². The average Bonchev–Trinajstić information content (AvgIpc) is 2.84. The van der Waals surface area contributed by atoms with E-state index in [1.54, 1.807) is 18.3 Å². The van der Waals surface area contributed by atoms with Gasteiger partial charge in [-0.1, -0.05) is 30.4 Å². The van der Waals surface area contributed by atoms with Crippen LogP contribution in [0.5, 0.6) is 11.6 Å². The van der Waals surface area contributed by atoms with E-state index >= 15 is 0 Å². The molecule has 7 heteroatoms. The lowest BCUT2D eigenvalue weighted by Crippen LogP contribution is -2.64. The number of aromatic nitrogens is 1. The molecule has 2 aromatic rings. The molecule has 176 valence electrons. The van der Waals surface area contributed by atoms with Crippen molar-refractivity contribution < 1.29 is 14.3 Å². The molecule has 3 aliphatic rings. The van der Waals surface area contributed by atoms with Crippen LogP contribution in [0.25, 0.3) is 0 Å². The predicted molar refractivity (Wildman–Crippen MR) is 130 cm³/mol. The summed E-state index contributed by atoms with van der Waals surface area (Å²) in [7, 11) is 0. The van der Waals surface area contributed by atoms with Gasteiger partial charge in [0.1, 0.15) is 5.75 Å². The van der Waals surface area contributed by atoms with E-state index in [0.29, 0.717) is 30.6 Å². The summed E-state index contributed by atoms with van der Waals surface area (Å²) in [6, 6.07) is 11.6. The van der Waals surface area contributed by atoms with Gasteiger partial charge < -0.3 is 14.5 Å². The molecule has 7 nitrogen and oxygen atoms in total. The fraction of sp³-hybridized carbons (Fsp3) is 0.370. The number of hydrogen-bond donors (Lipinski definition) is 0. The van der Waals surface area contributed by atoms with Gasteiger partial charge >= 0.3 is 0 Å². The Kier molecular flexibility index (Phi) is 6.45. The third kappa shape index (κ3) is 4.89. The van der Waals surface area contributed by atoms with Crippen molar-refractivity contribution in [3.8, 4) is 11.6 Å². The zero-order chi connectivity index (χ0) is 23.5. The van der Waals surface area contributed by atoms with Crippen molar-refractivity contribution in [2.45, 2.75) is 25.8 Å². The van der Waals surface area contributed by atoms with Crippen LogP contribution in [0.15, 0.2) is 66.4 Å². The second-order valence-corrected chi connectivity index (χ2v) is 9.13.